The smallest absolute Gasteiger partial charge is 0.223 e. The van der Waals surface area contributed by atoms with Gasteiger partial charge < -0.3 is 9.64 Å². The highest BCUT2D eigenvalue weighted by Crippen LogP contribution is 2.28. The van der Waals surface area contributed by atoms with Gasteiger partial charge in [0.2, 0.25) is 5.91 Å². The average Bonchev–Trinajstić information content (AvgIpc) is 3.15. The van der Waals surface area contributed by atoms with E-state index in [9.17, 15) is 4.79 Å². The summed E-state index contributed by atoms with van der Waals surface area (Å²) >= 11 is 1.71. The summed E-state index contributed by atoms with van der Waals surface area (Å²) in [5.74, 6) is 1.68. The van der Waals surface area contributed by atoms with Gasteiger partial charge in [0.15, 0.2) is 0 Å². The van der Waals surface area contributed by atoms with E-state index in [1.807, 2.05) is 35.2 Å². The molecule has 1 aromatic carbocycles. The number of amides is 1. The number of hydrogen-bond acceptors (Lipinski definition) is 3. The van der Waals surface area contributed by atoms with Gasteiger partial charge >= 0.3 is 0 Å². The van der Waals surface area contributed by atoms with Gasteiger partial charge in [-0.1, -0.05) is 43.5 Å². The first-order valence-electron chi connectivity index (χ1n) is 9.18. The predicted octanol–water partition coefficient (Wildman–Crippen LogP) is 5.26. The Morgan fingerprint density at radius 2 is 1.92 bits per heavy atom. The van der Waals surface area contributed by atoms with Crippen molar-refractivity contribution >= 4 is 17.2 Å². The summed E-state index contributed by atoms with van der Waals surface area (Å²) in [6, 6.07) is 12.1. The molecule has 4 heteroatoms. The minimum atomic E-state index is 0.270. The second-order valence-corrected chi connectivity index (χ2v) is 7.88. The number of nitrogens with zero attached hydrogens (tertiary/aromatic N) is 1. The summed E-state index contributed by atoms with van der Waals surface area (Å²) < 4.78 is 5.48. The van der Waals surface area contributed by atoms with E-state index in [-0.39, 0.29) is 5.91 Å². The van der Waals surface area contributed by atoms with E-state index in [4.69, 9.17) is 4.74 Å². The molecule has 1 amide bonds. The lowest BCUT2D eigenvalue weighted by Gasteiger charge is -2.27. The zero-order chi connectivity index (χ0) is 17.5. The van der Waals surface area contributed by atoms with Gasteiger partial charge in [0.25, 0.3) is 0 Å². The lowest BCUT2D eigenvalue weighted by Crippen LogP contribution is -2.31. The van der Waals surface area contributed by atoms with E-state index in [2.05, 4.69) is 11.4 Å². The van der Waals surface area contributed by atoms with Crippen molar-refractivity contribution in [2.75, 3.05) is 7.11 Å². The molecule has 1 aromatic heterocycles. The van der Waals surface area contributed by atoms with Crippen LogP contribution < -0.4 is 4.74 Å². The van der Waals surface area contributed by atoms with Crippen LogP contribution in [0.25, 0.3) is 0 Å². The highest BCUT2D eigenvalue weighted by Gasteiger charge is 2.22. The van der Waals surface area contributed by atoms with Crippen LogP contribution in [0.5, 0.6) is 5.75 Å². The Hall–Kier alpha value is -1.81. The number of para-hydroxylation sites is 1. The van der Waals surface area contributed by atoms with Gasteiger partial charge in [0.1, 0.15) is 5.75 Å². The molecule has 0 bridgehead atoms. The number of benzene rings is 1. The van der Waals surface area contributed by atoms with Crippen molar-refractivity contribution < 1.29 is 9.53 Å². The topological polar surface area (TPSA) is 29.5 Å². The molecule has 1 aliphatic rings. The zero-order valence-electron chi connectivity index (χ0n) is 14.9. The molecule has 1 heterocycles. The quantitative estimate of drug-likeness (QED) is 0.677. The third-order valence-electron chi connectivity index (χ3n) is 5.02. The van der Waals surface area contributed by atoms with Crippen molar-refractivity contribution in [3.8, 4) is 5.75 Å². The van der Waals surface area contributed by atoms with Crippen LogP contribution in [0.15, 0.2) is 41.8 Å². The second kappa shape index (κ2) is 9.04. The molecule has 0 atom stereocenters. The molecule has 0 aliphatic heterocycles. The van der Waals surface area contributed by atoms with Gasteiger partial charge in [0.05, 0.1) is 13.7 Å². The maximum absolute atomic E-state index is 13.0. The lowest BCUT2D eigenvalue weighted by molar-refractivity contribution is -0.133. The number of carbonyl (C=O) groups excluding carboxylic acids is 1. The fourth-order valence-corrected chi connectivity index (χ4v) is 4.35. The first-order valence-corrected chi connectivity index (χ1v) is 10.1. The van der Waals surface area contributed by atoms with E-state index >= 15 is 0 Å². The molecule has 2 aromatic rings. The maximum atomic E-state index is 13.0. The Bertz CT molecular complexity index is 662. The van der Waals surface area contributed by atoms with Crippen LogP contribution in [0.4, 0.5) is 0 Å². The number of methoxy groups -OCH3 is 1. The van der Waals surface area contributed by atoms with Gasteiger partial charge in [-0.15, -0.1) is 11.3 Å². The number of thiophene rings is 1. The summed E-state index contributed by atoms with van der Waals surface area (Å²) in [4.78, 5) is 16.3. The molecular weight excluding hydrogens is 330 g/mol. The third kappa shape index (κ3) is 5.08. The first kappa shape index (κ1) is 18.0. The van der Waals surface area contributed by atoms with Crippen LogP contribution in [-0.2, 0) is 17.9 Å². The van der Waals surface area contributed by atoms with Gasteiger partial charge in [-0.05, 0) is 36.3 Å². The summed E-state index contributed by atoms with van der Waals surface area (Å²) in [6.45, 7) is 1.29. The Morgan fingerprint density at radius 3 is 2.64 bits per heavy atom. The Labute approximate surface area is 154 Å². The summed E-state index contributed by atoms with van der Waals surface area (Å²) in [5, 5.41) is 2.07. The van der Waals surface area contributed by atoms with E-state index in [0.29, 0.717) is 25.4 Å². The molecule has 1 aliphatic carbocycles. The van der Waals surface area contributed by atoms with E-state index in [1.54, 1.807) is 18.4 Å². The molecule has 0 saturated heterocycles. The summed E-state index contributed by atoms with van der Waals surface area (Å²) in [5.41, 5.74) is 1.07. The molecular formula is C21H27NO2S. The SMILES string of the molecule is COc1ccccc1CN(Cc1cccs1)C(=O)CC1CCCCC1. The van der Waals surface area contributed by atoms with Crippen LogP contribution in [0.3, 0.4) is 0 Å². The number of hydrogen-bond donors (Lipinski definition) is 0. The molecule has 134 valence electrons. The van der Waals surface area contributed by atoms with Crippen molar-refractivity contribution in [1.82, 2.24) is 4.90 Å². The number of rotatable bonds is 7. The number of carbonyl (C=O) groups is 1. The van der Waals surface area contributed by atoms with Gasteiger partial charge in [0, 0.05) is 23.4 Å². The lowest BCUT2D eigenvalue weighted by atomic mass is 9.86. The Kier molecular flexibility index (Phi) is 6.51. The fourth-order valence-electron chi connectivity index (χ4n) is 3.63. The summed E-state index contributed by atoms with van der Waals surface area (Å²) in [7, 11) is 1.69. The summed E-state index contributed by atoms with van der Waals surface area (Å²) in [6.07, 6.45) is 6.95. The van der Waals surface area contributed by atoms with E-state index in [1.165, 1.54) is 37.0 Å². The predicted molar refractivity (Wildman–Crippen MR) is 103 cm³/mol. The van der Waals surface area contributed by atoms with Crippen LogP contribution in [0.2, 0.25) is 0 Å². The van der Waals surface area contributed by atoms with E-state index < -0.39 is 0 Å². The van der Waals surface area contributed by atoms with Crippen LogP contribution >= 0.6 is 11.3 Å². The largest absolute Gasteiger partial charge is 0.496 e. The standard InChI is InChI=1S/C21H27NO2S/c1-24-20-12-6-5-10-18(20)15-22(16-19-11-7-13-25-19)21(23)14-17-8-3-2-4-9-17/h5-7,10-13,17H,2-4,8-9,14-16H2,1H3. The van der Waals surface area contributed by atoms with Crippen LogP contribution in [-0.4, -0.2) is 17.9 Å². The Morgan fingerprint density at radius 1 is 1.12 bits per heavy atom. The van der Waals surface area contributed by atoms with Crippen molar-refractivity contribution in [1.29, 1.82) is 0 Å². The molecule has 0 radical (unpaired) electrons. The molecule has 25 heavy (non-hydrogen) atoms. The average molecular weight is 358 g/mol. The Balaban J connectivity index is 1.73. The molecule has 0 unspecified atom stereocenters. The monoisotopic (exact) mass is 357 g/mol. The van der Waals surface area contributed by atoms with Gasteiger partial charge in [-0.3, -0.25) is 4.79 Å². The normalized spacial score (nSPS) is 15.1. The highest BCUT2D eigenvalue weighted by atomic mass is 32.1. The molecule has 3 nitrogen and oxygen atoms in total. The van der Waals surface area contributed by atoms with Crippen molar-refractivity contribution in [2.45, 2.75) is 51.6 Å². The molecule has 1 fully saturated rings. The highest BCUT2D eigenvalue weighted by molar-refractivity contribution is 7.09. The fraction of sp³-hybridized carbons (Fsp3) is 0.476. The third-order valence-corrected chi connectivity index (χ3v) is 5.88. The van der Waals surface area contributed by atoms with Crippen molar-refractivity contribution in [2.24, 2.45) is 5.92 Å². The van der Waals surface area contributed by atoms with Gasteiger partial charge in [-0.2, -0.15) is 0 Å². The first-order chi connectivity index (χ1) is 12.3. The zero-order valence-corrected chi connectivity index (χ0v) is 15.8. The van der Waals surface area contributed by atoms with Gasteiger partial charge in [-0.25, -0.2) is 0 Å². The molecule has 1 saturated carbocycles. The van der Waals surface area contributed by atoms with Crippen molar-refractivity contribution in [3.63, 3.8) is 0 Å². The molecule has 0 N–H and O–H groups in total. The second-order valence-electron chi connectivity index (χ2n) is 6.85. The molecule has 0 spiro atoms. The minimum absolute atomic E-state index is 0.270. The van der Waals surface area contributed by atoms with Crippen LogP contribution in [0.1, 0.15) is 49.0 Å². The van der Waals surface area contributed by atoms with Crippen molar-refractivity contribution in [3.05, 3.63) is 52.2 Å². The van der Waals surface area contributed by atoms with Crippen LogP contribution in [0, 0.1) is 5.92 Å². The number of ether oxygens (including phenoxy) is 1. The maximum Gasteiger partial charge on any atom is 0.223 e. The minimum Gasteiger partial charge on any atom is -0.496 e. The van der Waals surface area contributed by atoms with E-state index in [0.717, 1.165) is 11.3 Å². The molecule has 3 rings (SSSR count).